The topological polar surface area (TPSA) is 38.7 Å². The van der Waals surface area contributed by atoms with E-state index in [-0.39, 0.29) is 0 Å². The Bertz CT molecular complexity index is 451. The van der Waals surface area contributed by atoms with Crippen LogP contribution in [0.15, 0.2) is 18.5 Å². The first-order chi connectivity index (χ1) is 6.85. The van der Waals surface area contributed by atoms with Gasteiger partial charge in [-0.05, 0) is 18.9 Å². The van der Waals surface area contributed by atoms with Crippen molar-refractivity contribution in [3.05, 3.63) is 29.8 Å². The number of hydrogen-bond donors (Lipinski definition) is 0. The van der Waals surface area contributed by atoms with Crippen LogP contribution in [-0.4, -0.2) is 15.0 Å². The first-order valence-corrected chi connectivity index (χ1v) is 4.94. The fourth-order valence-electron chi connectivity index (χ4n) is 1.52. The lowest BCUT2D eigenvalue weighted by molar-refractivity contribution is 0.961. The molecule has 0 aromatic carbocycles. The van der Waals surface area contributed by atoms with Gasteiger partial charge in [-0.15, -0.1) is 0 Å². The SMILES string of the molecule is CCc1cc2nccnc2c(CC)n1. The molecular formula is C11H13N3. The van der Waals surface area contributed by atoms with Gasteiger partial charge in [-0.3, -0.25) is 15.0 Å². The number of fused-ring (bicyclic) bond motifs is 1. The van der Waals surface area contributed by atoms with Crippen LogP contribution in [0, 0.1) is 0 Å². The number of aryl methyl sites for hydroxylation is 2. The Labute approximate surface area is 83.2 Å². The summed E-state index contributed by atoms with van der Waals surface area (Å²) < 4.78 is 0. The lowest BCUT2D eigenvalue weighted by Gasteiger charge is -2.04. The molecule has 2 aromatic rings. The van der Waals surface area contributed by atoms with E-state index in [4.69, 9.17) is 0 Å². The van der Waals surface area contributed by atoms with E-state index in [0.717, 1.165) is 35.3 Å². The van der Waals surface area contributed by atoms with Crippen LogP contribution in [0.2, 0.25) is 0 Å². The van der Waals surface area contributed by atoms with Crippen LogP contribution in [0.5, 0.6) is 0 Å². The summed E-state index contributed by atoms with van der Waals surface area (Å²) in [4.78, 5) is 13.1. The lowest BCUT2D eigenvalue weighted by Crippen LogP contribution is -1.97. The second-order valence-corrected chi connectivity index (χ2v) is 3.19. The number of nitrogens with zero attached hydrogens (tertiary/aromatic N) is 3. The summed E-state index contributed by atoms with van der Waals surface area (Å²) in [5.41, 5.74) is 4.03. The molecule has 0 aliphatic carbocycles. The molecule has 14 heavy (non-hydrogen) atoms. The molecule has 2 heterocycles. The van der Waals surface area contributed by atoms with Gasteiger partial charge >= 0.3 is 0 Å². The fraction of sp³-hybridized carbons (Fsp3) is 0.364. The average Bonchev–Trinajstić information content (AvgIpc) is 2.27. The molecule has 2 aromatic heterocycles. The molecule has 3 nitrogen and oxygen atoms in total. The molecule has 0 fully saturated rings. The van der Waals surface area contributed by atoms with Crippen molar-refractivity contribution in [1.29, 1.82) is 0 Å². The van der Waals surface area contributed by atoms with E-state index < -0.39 is 0 Å². The van der Waals surface area contributed by atoms with Crippen LogP contribution >= 0.6 is 0 Å². The summed E-state index contributed by atoms with van der Waals surface area (Å²) in [7, 11) is 0. The van der Waals surface area contributed by atoms with Crippen molar-refractivity contribution in [2.75, 3.05) is 0 Å². The molecule has 0 unspecified atom stereocenters. The standard InChI is InChI=1S/C11H13N3/c1-3-8-7-10-11(9(4-2)14-8)13-6-5-12-10/h5-7H,3-4H2,1-2H3. The highest BCUT2D eigenvalue weighted by molar-refractivity contribution is 5.76. The molecule has 0 atom stereocenters. The molecule has 0 spiro atoms. The normalized spacial score (nSPS) is 10.7. The maximum Gasteiger partial charge on any atom is 0.110 e. The van der Waals surface area contributed by atoms with Crippen molar-refractivity contribution in [1.82, 2.24) is 15.0 Å². The summed E-state index contributed by atoms with van der Waals surface area (Å²) in [6.45, 7) is 4.19. The van der Waals surface area contributed by atoms with Crippen LogP contribution < -0.4 is 0 Å². The largest absolute Gasteiger partial charge is 0.255 e. The van der Waals surface area contributed by atoms with Crippen molar-refractivity contribution in [3.63, 3.8) is 0 Å². The maximum absolute atomic E-state index is 4.54. The Morgan fingerprint density at radius 3 is 2.57 bits per heavy atom. The molecule has 72 valence electrons. The Balaban J connectivity index is 2.73. The lowest BCUT2D eigenvalue weighted by atomic mass is 10.2. The molecule has 0 radical (unpaired) electrons. The second-order valence-electron chi connectivity index (χ2n) is 3.19. The predicted octanol–water partition coefficient (Wildman–Crippen LogP) is 2.15. The number of pyridine rings is 1. The van der Waals surface area contributed by atoms with Gasteiger partial charge in [-0.25, -0.2) is 0 Å². The third kappa shape index (κ3) is 1.45. The van der Waals surface area contributed by atoms with E-state index in [1.807, 2.05) is 6.07 Å². The van der Waals surface area contributed by atoms with Crippen LogP contribution in [0.25, 0.3) is 11.0 Å². The minimum absolute atomic E-state index is 0.906. The zero-order valence-corrected chi connectivity index (χ0v) is 8.49. The summed E-state index contributed by atoms with van der Waals surface area (Å²) in [6.07, 6.45) is 5.29. The second kappa shape index (κ2) is 3.70. The molecule has 0 N–H and O–H groups in total. The van der Waals surface area contributed by atoms with E-state index in [1.54, 1.807) is 12.4 Å². The summed E-state index contributed by atoms with van der Waals surface area (Å²) in [6, 6.07) is 2.02. The summed E-state index contributed by atoms with van der Waals surface area (Å²) in [5.74, 6) is 0. The smallest absolute Gasteiger partial charge is 0.110 e. The van der Waals surface area contributed by atoms with Gasteiger partial charge < -0.3 is 0 Å². The van der Waals surface area contributed by atoms with Crippen molar-refractivity contribution >= 4 is 11.0 Å². The number of aromatic nitrogens is 3. The molecule has 0 saturated carbocycles. The summed E-state index contributed by atoms with van der Waals surface area (Å²) >= 11 is 0. The zero-order valence-electron chi connectivity index (χ0n) is 8.49. The van der Waals surface area contributed by atoms with Gasteiger partial charge in [0.2, 0.25) is 0 Å². The third-order valence-electron chi connectivity index (χ3n) is 2.28. The van der Waals surface area contributed by atoms with Crippen LogP contribution in [0.1, 0.15) is 25.2 Å². The van der Waals surface area contributed by atoms with E-state index in [9.17, 15) is 0 Å². The first-order valence-electron chi connectivity index (χ1n) is 4.94. The van der Waals surface area contributed by atoms with Gasteiger partial charge in [-0.1, -0.05) is 13.8 Å². The summed E-state index contributed by atoms with van der Waals surface area (Å²) in [5, 5.41) is 0. The average molecular weight is 187 g/mol. The van der Waals surface area contributed by atoms with Gasteiger partial charge in [-0.2, -0.15) is 0 Å². The van der Waals surface area contributed by atoms with Gasteiger partial charge in [0.05, 0.1) is 11.2 Å². The molecule has 0 saturated heterocycles. The van der Waals surface area contributed by atoms with E-state index in [2.05, 4.69) is 28.8 Å². The van der Waals surface area contributed by atoms with Crippen molar-refractivity contribution in [2.24, 2.45) is 0 Å². The minimum Gasteiger partial charge on any atom is -0.255 e. The Kier molecular flexibility index (Phi) is 2.39. The molecule has 0 aliphatic heterocycles. The van der Waals surface area contributed by atoms with Crippen LogP contribution in [-0.2, 0) is 12.8 Å². The van der Waals surface area contributed by atoms with E-state index in [0.29, 0.717) is 0 Å². The quantitative estimate of drug-likeness (QED) is 0.723. The van der Waals surface area contributed by atoms with Gasteiger partial charge in [0.15, 0.2) is 0 Å². The Morgan fingerprint density at radius 2 is 1.86 bits per heavy atom. The fourth-order valence-corrected chi connectivity index (χ4v) is 1.52. The minimum atomic E-state index is 0.906. The zero-order chi connectivity index (χ0) is 9.97. The van der Waals surface area contributed by atoms with Crippen LogP contribution in [0.4, 0.5) is 0 Å². The van der Waals surface area contributed by atoms with Gasteiger partial charge in [0.1, 0.15) is 5.52 Å². The number of rotatable bonds is 2. The first kappa shape index (κ1) is 9.06. The van der Waals surface area contributed by atoms with E-state index >= 15 is 0 Å². The number of hydrogen-bond acceptors (Lipinski definition) is 3. The highest BCUT2D eigenvalue weighted by Crippen LogP contribution is 2.14. The molecule has 3 heteroatoms. The third-order valence-corrected chi connectivity index (χ3v) is 2.28. The molecular weight excluding hydrogens is 174 g/mol. The molecule has 0 aliphatic rings. The van der Waals surface area contributed by atoms with E-state index in [1.165, 1.54) is 0 Å². The van der Waals surface area contributed by atoms with Gasteiger partial charge in [0, 0.05) is 18.1 Å². The predicted molar refractivity (Wildman–Crippen MR) is 56.1 cm³/mol. The maximum atomic E-state index is 4.54. The highest BCUT2D eigenvalue weighted by Gasteiger charge is 2.04. The monoisotopic (exact) mass is 187 g/mol. The molecule has 0 amide bonds. The highest BCUT2D eigenvalue weighted by atomic mass is 14.8. The Hall–Kier alpha value is -1.51. The van der Waals surface area contributed by atoms with Crippen molar-refractivity contribution in [2.45, 2.75) is 26.7 Å². The van der Waals surface area contributed by atoms with Gasteiger partial charge in [0.25, 0.3) is 0 Å². The van der Waals surface area contributed by atoms with Crippen molar-refractivity contribution < 1.29 is 0 Å². The van der Waals surface area contributed by atoms with Crippen molar-refractivity contribution in [3.8, 4) is 0 Å². The van der Waals surface area contributed by atoms with Crippen LogP contribution in [0.3, 0.4) is 0 Å². The Morgan fingerprint density at radius 1 is 1.07 bits per heavy atom. The molecule has 2 rings (SSSR count). The molecule has 0 bridgehead atoms.